The first-order valence-electron chi connectivity index (χ1n) is 11.4. The fraction of sp³-hybridized carbons (Fsp3) is 0.625. The smallest absolute Gasteiger partial charge is 0.321 e. The van der Waals surface area contributed by atoms with Gasteiger partial charge in [0.25, 0.3) is 0 Å². The van der Waals surface area contributed by atoms with Gasteiger partial charge in [-0.05, 0) is 51.3 Å². The summed E-state index contributed by atoms with van der Waals surface area (Å²) in [5.74, 6) is -0.632. The maximum absolute atomic E-state index is 13.3. The molecule has 0 bridgehead atoms. The zero-order valence-corrected chi connectivity index (χ0v) is 19.8. The van der Waals surface area contributed by atoms with Crippen LogP contribution < -0.4 is 11.1 Å². The molecule has 1 aliphatic heterocycles. The van der Waals surface area contributed by atoms with Crippen molar-refractivity contribution in [3.05, 3.63) is 35.9 Å². The van der Waals surface area contributed by atoms with Gasteiger partial charge in [0.1, 0.15) is 6.54 Å². The first-order valence-corrected chi connectivity index (χ1v) is 11.4. The summed E-state index contributed by atoms with van der Waals surface area (Å²) in [6.45, 7) is 5.14. The number of hydrogen-bond acceptors (Lipinski definition) is 4. The summed E-state index contributed by atoms with van der Waals surface area (Å²) < 4.78 is 0. The predicted molar refractivity (Wildman–Crippen MR) is 124 cm³/mol. The lowest BCUT2D eigenvalue weighted by Crippen LogP contribution is -2.56. The van der Waals surface area contributed by atoms with Crippen LogP contribution in [-0.2, 0) is 15.1 Å². The highest BCUT2D eigenvalue weighted by Crippen LogP contribution is 2.49. The van der Waals surface area contributed by atoms with Crippen molar-refractivity contribution in [2.24, 2.45) is 11.7 Å². The second kappa shape index (κ2) is 9.48. The number of hydrogen-bond donors (Lipinski definition) is 2. The quantitative estimate of drug-likeness (QED) is 0.639. The molecule has 1 saturated heterocycles. The molecule has 0 atom stereocenters. The highest BCUT2D eigenvalue weighted by molar-refractivity contribution is 5.88. The molecule has 8 heteroatoms. The van der Waals surface area contributed by atoms with E-state index in [0.717, 1.165) is 25.7 Å². The van der Waals surface area contributed by atoms with Gasteiger partial charge < -0.3 is 20.9 Å². The Morgan fingerprint density at radius 3 is 2.28 bits per heavy atom. The van der Waals surface area contributed by atoms with Crippen LogP contribution in [0.3, 0.4) is 0 Å². The Labute approximate surface area is 191 Å². The van der Waals surface area contributed by atoms with Crippen molar-refractivity contribution in [1.29, 1.82) is 0 Å². The molecule has 176 valence electrons. The summed E-state index contributed by atoms with van der Waals surface area (Å²) >= 11 is 0. The molecule has 1 aliphatic carbocycles. The Kier molecular flexibility index (Phi) is 7.12. The van der Waals surface area contributed by atoms with E-state index in [1.165, 1.54) is 5.56 Å². The Balaban J connectivity index is 1.81. The predicted octanol–water partition coefficient (Wildman–Crippen LogP) is 1.75. The summed E-state index contributed by atoms with van der Waals surface area (Å²) in [6, 6.07) is 10.5. The van der Waals surface area contributed by atoms with Gasteiger partial charge in [-0.2, -0.15) is 0 Å². The number of carbonyl (C=O) groups is 3. The summed E-state index contributed by atoms with van der Waals surface area (Å²) in [7, 11) is 4.26. The van der Waals surface area contributed by atoms with Crippen molar-refractivity contribution >= 4 is 17.8 Å². The molecule has 3 rings (SSSR count). The van der Waals surface area contributed by atoms with E-state index < -0.39 is 5.91 Å². The minimum absolute atomic E-state index is 0.0556. The molecule has 1 heterocycles. The first kappa shape index (κ1) is 24.0. The van der Waals surface area contributed by atoms with Crippen LogP contribution in [0.25, 0.3) is 0 Å². The highest BCUT2D eigenvalue weighted by Gasteiger charge is 2.54. The molecule has 1 saturated carbocycles. The fourth-order valence-corrected chi connectivity index (χ4v) is 5.36. The molecule has 1 aromatic rings. The van der Waals surface area contributed by atoms with Gasteiger partial charge >= 0.3 is 6.03 Å². The van der Waals surface area contributed by atoms with E-state index in [4.69, 9.17) is 5.73 Å². The maximum atomic E-state index is 13.3. The Morgan fingerprint density at radius 2 is 1.75 bits per heavy atom. The molecule has 0 radical (unpaired) electrons. The topological polar surface area (TPSA) is 99.0 Å². The molecule has 32 heavy (non-hydrogen) atoms. The van der Waals surface area contributed by atoms with Crippen LogP contribution in [0, 0.1) is 5.92 Å². The largest absolute Gasteiger partial charge is 0.368 e. The lowest BCUT2D eigenvalue weighted by molar-refractivity contribution is -0.125. The standard InChI is InChI=1S/C24H37N5O3/c1-18(2)15-29-22(32)28(16-21(31)26-14-20(25)30)17-23(29)10-12-24(13-11-23,27(3)4)19-8-6-5-7-9-19/h5-9,18H,10-17H2,1-4H3,(H2,25,30)(H,26,31). The Bertz CT molecular complexity index is 831. The number of carbonyl (C=O) groups excluding carboxylic acids is 3. The summed E-state index contributed by atoms with van der Waals surface area (Å²) in [4.78, 5) is 42.5. The van der Waals surface area contributed by atoms with Crippen molar-refractivity contribution in [3.63, 3.8) is 0 Å². The second-order valence-electron chi connectivity index (χ2n) is 9.90. The SMILES string of the molecule is CC(C)CN1C(=O)N(CC(=O)NCC(N)=O)CC12CCC(c1ccccc1)(N(C)C)CC2. The first-order chi connectivity index (χ1) is 15.1. The second-order valence-corrected chi connectivity index (χ2v) is 9.90. The molecule has 4 amide bonds. The molecular formula is C24H37N5O3. The molecule has 8 nitrogen and oxygen atoms in total. The van der Waals surface area contributed by atoms with E-state index in [9.17, 15) is 14.4 Å². The number of urea groups is 1. The normalized spacial score (nSPS) is 25.8. The van der Waals surface area contributed by atoms with E-state index in [1.54, 1.807) is 4.90 Å². The zero-order chi connectivity index (χ0) is 23.5. The average Bonchev–Trinajstić information content (AvgIpc) is 2.98. The van der Waals surface area contributed by atoms with Gasteiger partial charge in [0.15, 0.2) is 0 Å². The van der Waals surface area contributed by atoms with Gasteiger partial charge in [-0.15, -0.1) is 0 Å². The van der Waals surface area contributed by atoms with Crippen LogP contribution in [0.4, 0.5) is 4.79 Å². The molecule has 0 aromatic heterocycles. The number of amides is 4. The molecule has 0 unspecified atom stereocenters. The molecule has 1 aromatic carbocycles. The number of nitrogens with one attached hydrogen (secondary N) is 1. The van der Waals surface area contributed by atoms with Crippen molar-refractivity contribution < 1.29 is 14.4 Å². The van der Waals surface area contributed by atoms with Crippen LogP contribution in [0.15, 0.2) is 30.3 Å². The lowest BCUT2D eigenvalue weighted by Gasteiger charge is -2.51. The highest BCUT2D eigenvalue weighted by atomic mass is 16.2. The van der Waals surface area contributed by atoms with Crippen LogP contribution >= 0.6 is 0 Å². The van der Waals surface area contributed by atoms with Gasteiger partial charge in [-0.3, -0.25) is 14.5 Å². The number of primary amides is 1. The minimum Gasteiger partial charge on any atom is -0.368 e. The van der Waals surface area contributed by atoms with Crippen LogP contribution in [0.1, 0.15) is 45.1 Å². The number of benzene rings is 1. The third kappa shape index (κ3) is 4.75. The molecule has 2 aliphatic rings. The van der Waals surface area contributed by atoms with Crippen LogP contribution in [-0.4, -0.2) is 78.4 Å². The zero-order valence-electron chi connectivity index (χ0n) is 19.8. The third-order valence-electron chi connectivity index (χ3n) is 7.08. The lowest BCUT2D eigenvalue weighted by atomic mass is 9.68. The van der Waals surface area contributed by atoms with Crippen LogP contribution in [0.5, 0.6) is 0 Å². The third-order valence-corrected chi connectivity index (χ3v) is 7.08. The van der Waals surface area contributed by atoms with E-state index in [2.05, 4.69) is 62.4 Å². The maximum Gasteiger partial charge on any atom is 0.321 e. The molecule has 3 N–H and O–H groups in total. The Hall–Kier alpha value is -2.61. The van der Waals surface area contributed by atoms with Crippen molar-refractivity contribution in [2.45, 2.75) is 50.6 Å². The fourth-order valence-electron chi connectivity index (χ4n) is 5.36. The molecule has 1 spiro atoms. The summed E-state index contributed by atoms with van der Waals surface area (Å²) in [5, 5.41) is 2.49. The van der Waals surface area contributed by atoms with Crippen molar-refractivity contribution in [3.8, 4) is 0 Å². The van der Waals surface area contributed by atoms with Crippen molar-refractivity contribution in [2.75, 3.05) is 40.3 Å². The van der Waals surface area contributed by atoms with Gasteiger partial charge in [0.2, 0.25) is 11.8 Å². The van der Waals surface area contributed by atoms with E-state index >= 15 is 0 Å². The Morgan fingerprint density at radius 1 is 1.12 bits per heavy atom. The van der Waals surface area contributed by atoms with E-state index in [-0.39, 0.29) is 36.1 Å². The van der Waals surface area contributed by atoms with Gasteiger partial charge in [0.05, 0.1) is 12.1 Å². The van der Waals surface area contributed by atoms with E-state index in [1.807, 2.05) is 11.0 Å². The summed E-state index contributed by atoms with van der Waals surface area (Å²) in [6.07, 6.45) is 3.62. The van der Waals surface area contributed by atoms with Crippen molar-refractivity contribution in [1.82, 2.24) is 20.0 Å². The van der Waals surface area contributed by atoms with Gasteiger partial charge in [-0.25, -0.2) is 4.79 Å². The molecule has 2 fully saturated rings. The summed E-state index contributed by atoms with van der Waals surface area (Å²) in [5.41, 5.74) is 6.08. The average molecular weight is 444 g/mol. The molecular weight excluding hydrogens is 406 g/mol. The van der Waals surface area contributed by atoms with E-state index in [0.29, 0.717) is 19.0 Å². The number of nitrogens with two attached hydrogens (primary N) is 1. The number of nitrogens with zero attached hydrogens (tertiary/aromatic N) is 3. The van der Waals surface area contributed by atoms with Crippen LogP contribution in [0.2, 0.25) is 0 Å². The minimum atomic E-state index is -0.600. The van der Waals surface area contributed by atoms with Gasteiger partial charge in [-0.1, -0.05) is 44.2 Å². The van der Waals surface area contributed by atoms with Gasteiger partial charge in [0, 0.05) is 18.6 Å². The monoisotopic (exact) mass is 443 g/mol. The number of rotatable bonds is 8.